The fourth-order valence-electron chi connectivity index (χ4n) is 3.11. The van der Waals surface area contributed by atoms with Gasteiger partial charge in [-0.3, -0.25) is 4.79 Å². The number of rotatable bonds is 1. The van der Waals surface area contributed by atoms with Crippen molar-refractivity contribution in [2.75, 3.05) is 23.4 Å². The van der Waals surface area contributed by atoms with Crippen molar-refractivity contribution in [3.63, 3.8) is 0 Å². The molecule has 0 N–H and O–H groups in total. The van der Waals surface area contributed by atoms with Crippen LogP contribution in [-0.2, 0) is 0 Å². The van der Waals surface area contributed by atoms with E-state index in [0.717, 1.165) is 17.1 Å². The van der Waals surface area contributed by atoms with Gasteiger partial charge in [-0.2, -0.15) is 0 Å². The van der Waals surface area contributed by atoms with Crippen LogP contribution in [0.15, 0.2) is 60.9 Å². The highest BCUT2D eigenvalue weighted by atomic mass is 16.2. The van der Waals surface area contributed by atoms with Crippen molar-refractivity contribution in [2.24, 2.45) is 0 Å². The van der Waals surface area contributed by atoms with Crippen LogP contribution in [0.4, 0.5) is 17.3 Å². The van der Waals surface area contributed by atoms with Crippen LogP contribution in [0.1, 0.15) is 28.4 Å². The SMILES string of the molecule is CCN1c2ncc(C#Cc3ccccc3)cc2C(=O)N(C)c2cccnc21. The van der Waals surface area contributed by atoms with E-state index in [1.807, 2.05) is 60.4 Å². The van der Waals surface area contributed by atoms with Crippen LogP contribution < -0.4 is 9.80 Å². The lowest BCUT2D eigenvalue weighted by Gasteiger charge is -2.22. The van der Waals surface area contributed by atoms with Gasteiger partial charge in [0.15, 0.2) is 5.82 Å². The summed E-state index contributed by atoms with van der Waals surface area (Å²) < 4.78 is 0. The predicted molar refractivity (Wildman–Crippen MR) is 106 cm³/mol. The highest BCUT2D eigenvalue weighted by Crippen LogP contribution is 2.37. The number of carbonyl (C=O) groups is 1. The van der Waals surface area contributed by atoms with E-state index in [9.17, 15) is 4.79 Å². The lowest BCUT2D eigenvalue weighted by atomic mass is 10.1. The van der Waals surface area contributed by atoms with Crippen LogP contribution in [0.25, 0.3) is 0 Å². The van der Waals surface area contributed by atoms with Crippen molar-refractivity contribution in [3.8, 4) is 11.8 Å². The van der Waals surface area contributed by atoms with Gasteiger partial charge in [0.05, 0.1) is 11.3 Å². The maximum absolute atomic E-state index is 13.1. The number of pyridine rings is 2. The molecule has 1 aliphatic rings. The average molecular weight is 354 g/mol. The lowest BCUT2D eigenvalue weighted by Crippen LogP contribution is -2.25. The maximum Gasteiger partial charge on any atom is 0.261 e. The zero-order valence-electron chi connectivity index (χ0n) is 15.2. The van der Waals surface area contributed by atoms with Gasteiger partial charge >= 0.3 is 0 Å². The smallest absolute Gasteiger partial charge is 0.261 e. The number of hydrogen-bond acceptors (Lipinski definition) is 4. The van der Waals surface area contributed by atoms with Crippen molar-refractivity contribution in [1.29, 1.82) is 0 Å². The summed E-state index contributed by atoms with van der Waals surface area (Å²) in [7, 11) is 1.76. The second-order valence-electron chi connectivity index (χ2n) is 6.17. The van der Waals surface area contributed by atoms with Crippen molar-refractivity contribution in [3.05, 3.63) is 77.6 Å². The van der Waals surface area contributed by atoms with E-state index in [0.29, 0.717) is 23.5 Å². The predicted octanol–water partition coefficient (Wildman–Crippen LogP) is 3.62. The van der Waals surface area contributed by atoms with Crippen molar-refractivity contribution in [1.82, 2.24) is 9.97 Å². The molecular formula is C22H18N4O. The maximum atomic E-state index is 13.1. The van der Waals surface area contributed by atoms with Crippen molar-refractivity contribution < 1.29 is 4.79 Å². The lowest BCUT2D eigenvalue weighted by molar-refractivity contribution is 0.0994. The Morgan fingerprint density at radius 3 is 2.52 bits per heavy atom. The molecule has 1 amide bonds. The highest BCUT2D eigenvalue weighted by Gasteiger charge is 2.30. The van der Waals surface area contributed by atoms with E-state index >= 15 is 0 Å². The van der Waals surface area contributed by atoms with Crippen molar-refractivity contribution >= 4 is 23.2 Å². The first-order chi connectivity index (χ1) is 13.2. The third-order valence-corrected chi connectivity index (χ3v) is 4.48. The Morgan fingerprint density at radius 1 is 0.963 bits per heavy atom. The van der Waals surface area contributed by atoms with E-state index in [1.54, 1.807) is 24.3 Å². The molecule has 5 heteroatoms. The summed E-state index contributed by atoms with van der Waals surface area (Å²) in [5, 5.41) is 0. The summed E-state index contributed by atoms with van der Waals surface area (Å²) >= 11 is 0. The van der Waals surface area contributed by atoms with Crippen LogP contribution >= 0.6 is 0 Å². The average Bonchev–Trinajstić information content (AvgIpc) is 2.81. The van der Waals surface area contributed by atoms with Gasteiger partial charge in [-0.1, -0.05) is 30.0 Å². The number of hydrogen-bond donors (Lipinski definition) is 0. The number of anilines is 3. The zero-order chi connectivity index (χ0) is 18.8. The molecule has 0 aliphatic carbocycles. The van der Waals surface area contributed by atoms with Gasteiger partial charge < -0.3 is 9.80 Å². The standard InChI is InChI=1S/C22H18N4O/c1-3-26-20-18(22(27)25(2)19-10-7-13-23-21(19)26)14-17(15-24-20)12-11-16-8-5-4-6-9-16/h4-10,13-15H,3H2,1-2H3. The van der Waals surface area contributed by atoms with Gasteiger partial charge in [-0.25, -0.2) is 9.97 Å². The molecule has 0 saturated heterocycles. The number of fused-ring (bicyclic) bond motifs is 2. The Labute approximate surface area is 158 Å². The van der Waals surface area contributed by atoms with Crippen LogP contribution in [0.3, 0.4) is 0 Å². The third-order valence-electron chi connectivity index (χ3n) is 4.48. The first kappa shape index (κ1) is 16.8. The molecule has 5 nitrogen and oxygen atoms in total. The summed E-state index contributed by atoms with van der Waals surface area (Å²) in [5.41, 5.74) is 2.91. The molecule has 0 bridgehead atoms. The number of carbonyl (C=O) groups excluding carboxylic acids is 1. The van der Waals surface area contributed by atoms with Gasteiger partial charge in [0.25, 0.3) is 5.91 Å². The van der Waals surface area contributed by atoms with E-state index in [4.69, 9.17) is 0 Å². The fourth-order valence-corrected chi connectivity index (χ4v) is 3.11. The van der Waals surface area contributed by atoms with Crippen LogP contribution in [0, 0.1) is 11.8 Å². The van der Waals surface area contributed by atoms with Crippen molar-refractivity contribution in [2.45, 2.75) is 6.92 Å². The number of aromatic nitrogens is 2. The molecule has 27 heavy (non-hydrogen) atoms. The van der Waals surface area contributed by atoms with E-state index in [-0.39, 0.29) is 5.91 Å². The highest BCUT2D eigenvalue weighted by molar-refractivity contribution is 6.12. The minimum atomic E-state index is -0.119. The topological polar surface area (TPSA) is 49.3 Å². The van der Waals surface area contributed by atoms with Gasteiger partial charge in [-0.15, -0.1) is 0 Å². The minimum absolute atomic E-state index is 0.119. The summed E-state index contributed by atoms with van der Waals surface area (Å²) in [4.78, 5) is 25.7. The molecule has 0 atom stereocenters. The van der Waals surface area contributed by atoms with Crippen LogP contribution in [0.2, 0.25) is 0 Å². The first-order valence-corrected chi connectivity index (χ1v) is 8.76. The molecule has 2 aromatic heterocycles. The minimum Gasteiger partial charge on any atom is -0.309 e. The summed E-state index contributed by atoms with van der Waals surface area (Å²) in [6.45, 7) is 2.67. The van der Waals surface area contributed by atoms with Gasteiger partial charge in [-0.05, 0) is 37.3 Å². The van der Waals surface area contributed by atoms with Gasteiger partial charge in [0.1, 0.15) is 5.82 Å². The number of amides is 1. The molecule has 0 fully saturated rings. The molecule has 132 valence electrons. The number of benzene rings is 1. The molecule has 1 aliphatic heterocycles. The largest absolute Gasteiger partial charge is 0.309 e. The zero-order valence-corrected chi connectivity index (χ0v) is 15.2. The Hall–Kier alpha value is -3.65. The van der Waals surface area contributed by atoms with Crippen LogP contribution in [0.5, 0.6) is 0 Å². The molecule has 1 aromatic carbocycles. The summed E-state index contributed by atoms with van der Waals surface area (Å²) in [5.74, 6) is 7.43. The third kappa shape index (κ3) is 3.02. The summed E-state index contributed by atoms with van der Waals surface area (Å²) in [6.07, 6.45) is 3.43. The van der Waals surface area contributed by atoms with E-state index < -0.39 is 0 Å². The molecule has 0 unspecified atom stereocenters. The second-order valence-corrected chi connectivity index (χ2v) is 6.17. The van der Waals surface area contributed by atoms with Gasteiger partial charge in [0, 0.05) is 37.1 Å². The Bertz CT molecular complexity index is 1070. The second kappa shape index (κ2) is 6.93. The monoisotopic (exact) mass is 354 g/mol. The first-order valence-electron chi connectivity index (χ1n) is 8.76. The van der Waals surface area contributed by atoms with E-state index in [1.165, 1.54) is 0 Å². The quantitative estimate of drug-likeness (QED) is 0.626. The molecule has 0 radical (unpaired) electrons. The van der Waals surface area contributed by atoms with E-state index in [2.05, 4.69) is 21.8 Å². The fraction of sp³-hybridized carbons (Fsp3) is 0.136. The Kier molecular flexibility index (Phi) is 4.31. The Morgan fingerprint density at radius 2 is 1.74 bits per heavy atom. The summed E-state index contributed by atoms with van der Waals surface area (Å²) in [6, 6.07) is 15.3. The van der Waals surface area contributed by atoms with Crippen LogP contribution in [-0.4, -0.2) is 29.5 Å². The molecule has 3 aromatic rings. The molecular weight excluding hydrogens is 336 g/mol. The van der Waals surface area contributed by atoms with Gasteiger partial charge in [0.2, 0.25) is 0 Å². The molecule has 0 saturated carbocycles. The number of nitrogens with zero attached hydrogens (tertiary/aromatic N) is 4. The molecule has 0 spiro atoms. The Balaban J connectivity index is 1.82. The molecule has 3 heterocycles. The molecule has 4 rings (SSSR count). The normalized spacial score (nSPS) is 12.6.